The van der Waals surface area contributed by atoms with Crippen molar-refractivity contribution in [2.75, 3.05) is 0 Å². The predicted octanol–water partition coefficient (Wildman–Crippen LogP) is 3.73. The summed E-state index contributed by atoms with van der Waals surface area (Å²) in [7, 11) is 0. The molecular weight excluding hydrogens is 274 g/mol. The minimum atomic E-state index is 0.376. The molecule has 0 radical (unpaired) electrons. The van der Waals surface area contributed by atoms with E-state index in [1.54, 1.807) is 0 Å². The predicted molar refractivity (Wildman–Crippen MR) is 88.4 cm³/mol. The summed E-state index contributed by atoms with van der Waals surface area (Å²) in [6.45, 7) is 10.7. The highest BCUT2D eigenvalue weighted by Gasteiger charge is 2.13. The van der Waals surface area contributed by atoms with E-state index in [2.05, 4.69) is 27.5 Å². The molecule has 0 aliphatic rings. The van der Waals surface area contributed by atoms with Gasteiger partial charge in [-0.2, -0.15) is 0 Å². The van der Waals surface area contributed by atoms with E-state index in [0.717, 1.165) is 44.9 Å². The number of phenols is 1. The van der Waals surface area contributed by atoms with Crippen molar-refractivity contribution in [1.82, 2.24) is 14.5 Å². The molecule has 0 unspecified atom stereocenters. The van der Waals surface area contributed by atoms with Crippen LogP contribution in [-0.2, 0) is 6.54 Å². The van der Waals surface area contributed by atoms with Gasteiger partial charge in [0.1, 0.15) is 17.1 Å². The van der Waals surface area contributed by atoms with E-state index < -0.39 is 0 Å². The zero-order valence-electron chi connectivity index (χ0n) is 13.7. The summed E-state index contributed by atoms with van der Waals surface area (Å²) in [5.74, 6) is 1.33. The summed E-state index contributed by atoms with van der Waals surface area (Å²) in [5, 5.41) is 9.92. The first-order chi connectivity index (χ1) is 10.4. The molecule has 2 aromatic heterocycles. The van der Waals surface area contributed by atoms with E-state index in [1.165, 1.54) is 0 Å². The van der Waals surface area contributed by atoms with Crippen molar-refractivity contribution in [3.63, 3.8) is 0 Å². The normalized spacial score (nSPS) is 11.3. The van der Waals surface area contributed by atoms with Gasteiger partial charge in [-0.25, -0.2) is 9.97 Å². The molecule has 114 valence electrons. The van der Waals surface area contributed by atoms with E-state index >= 15 is 0 Å². The fourth-order valence-corrected chi connectivity index (χ4v) is 3.02. The molecule has 0 aliphatic carbocycles. The third kappa shape index (κ3) is 2.34. The molecule has 0 saturated carbocycles. The van der Waals surface area contributed by atoms with Crippen LogP contribution in [0.1, 0.15) is 33.8 Å². The van der Waals surface area contributed by atoms with E-state index in [0.29, 0.717) is 12.3 Å². The molecule has 3 aromatic rings. The maximum absolute atomic E-state index is 9.92. The van der Waals surface area contributed by atoms with E-state index in [4.69, 9.17) is 0 Å². The second kappa shape index (κ2) is 5.13. The van der Waals surface area contributed by atoms with Gasteiger partial charge in [0.15, 0.2) is 5.65 Å². The first-order valence-corrected chi connectivity index (χ1v) is 7.47. The highest BCUT2D eigenvalue weighted by atomic mass is 16.3. The minimum Gasteiger partial charge on any atom is -0.507 e. The Balaban J connectivity index is 2.13. The van der Waals surface area contributed by atoms with Crippen LogP contribution in [0.3, 0.4) is 0 Å². The molecule has 0 atom stereocenters. The molecule has 0 aliphatic heterocycles. The Morgan fingerprint density at radius 1 is 0.909 bits per heavy atom. The van der Waals surface area contributed by atoms with Crippen molar-refractivity contribution in [3.8, 4) is 5.75 Å². The molecule has 0 bridgehead atoms. The third-order valence-corrected chi connectivity index (χ3v) is 4.10. The Bertz CT molecular complexity index is 855. The number of imidazole rings is 1. The topological polar surface area (TPSA) is 50.9 Å². The maximum Gasteiger partial charge on any atom is 0.160 e. The lowest BCUT2D eigenvalue weighted by Crippen LogP contribution is -2.04. The number of phenolic OH excluding ortho intramolecular Hbond substituents is 1. The molecular formula is C18H21N3O. The Morgan fingerprint density at radius 2 is 1.55 bits per heavy atom. The van der Waals surface area contributed by atoms with Gasteiger partial charge >= 0.3 is 0 Å². The summed E-state index contributed by atoms with van der Waals surface area (Å²) < 4.78 is 2.14. The fraction of sp³-hybridized carbons (Fsp3) is 0.333. The van der Waals surface area contributed by atoms with Gasteiger partial charge in [-0.1, -0.05) is 12.1 Å². The number of hydrogen-bond donors (Lipinski definition) is 1. The van der Waals surface area contributed by atoms with E-state index in [1.807, 2.05) is 39.8 Å². The van der Waals surface area contributed by atoms with Crippen LogP contribution in [0, 0.1) is 34.6 Å². The molecule has 0 spiro atoms. The van der Waals surface area contributed by atoms with Crippen LogP contribution in [0.4, 0.5) is 0 Å². The maximum atomic E-state index is 9.92. The fourth-order valence-electron chi connectivity index (χ4n) is 3.02. The molecule has 1 N–H and O–H groups in total. The minimum absolute atomic E-state index is 0.376. The van der Waals surface area contributed by atoms with Crippen molar-refractivity contribution < 1.29 is 5.11 Å². The van der Waals surface area contributed by atoms with Gasteiger partial charge in [0.2, 0.25) is 0 Å². The van der Waals surface area contributed by atoms with Crippen molar-refractivity contribution in [2.45, 2.75) is 41.2 Å². The van der Waals surface area contributed by atoms with Gasteiger partial charge in [0, 0.05) is 5.69 Å². The number of aryl methyl sites for hydroxylation is 5. The van der Waals surface area contributed by atoms with Crippen LogP contribution in [0.5, 0.6) is 5.75 Å². The smallest absolute Gasteiger partial charge is 0.160 e. The summed E-state index contributed by atoms with van der Waals surface area (Å²) in [6.07, 6.45) is 0. The molecule has 2 heterocycles. The van der Waals surface area contributed by atoms with Crippen LogP contribution in [0.2, 0.25) is 0 Å². The van der Waals surface area contributed by atoms with Crippen LogP contribution < -0.4 is 0 Å². The van der Waals surface area contributed by atoms with Crippen molar-refractivity contribution >= 4 is 11.2 Å². The monoisotopic (exact) mass is 295 g/mol. The number of hydrogen-bond acceptors (Lipinski definition) is 3. The number of nitrogens with zero attached hydrogens (tertiary/aromatic N) is 3. The number of benzene rings is 1. The Kier molecular flexibility index (Phi) is 3.39. The average Bonchev–Trinajstić information content (AvgIpc) is 2.74. The number of rotatable bonds is 2. The second-order valence-corrected chi connectivity index (χ2v) is 6.08. The summed E-state index contributed by atoms with van der Waals surface area (Å²) in [5.41, 5.74) is 7.01. The Labute approximate surface area is 130 Å². The molecule has 4 nitrogen and oxygen atoms in total. The van der Waals surface area contributed by atoms with Gasteiger partial charge in [0.05, 0.1) is 6.54 Å². The number of aromatic nitrogens is 3. The highest BCUT2D eigenvalue weighted by Crippen LogP contribution is 2.25. The standard InChI is InChI=1S/C18H21N3O/c1-10-6-13(4)19-18-16(10)20-14(5)21(18)9-15-7-11(2)17(22)12(3)8-15/h6-8,22H,9H2,1-5H3. The first kappa shape index (κ1) is 14.6. The zero-order chi connectivity index (χ0) is 16.0. The van der Waals surface area contributed by atoms with Gasteiger partial charge in [0.25, 0.3) is 0 Å². The largest absolute Gasteiger partial charge is 0.507 e. The van der Waals surface area contributed by atoms with Crippen molar-refractivity contribution in [1.29, 1.82) is 0 Å². The van der Waals surface area contributed by atoms with Gasteiger partial charge in [-0.3, -0.25) is 0 Å². The van der Waals surface area contributed by atoms with Crippen molar-refractivity contribution in [2.24, 2.45) is 0 Å². The van der Waals surface area contributed by atoms with Crippen LogP contribution in [-0.4, -0.2) is 19.6 Å². The lowest BCUT2D eigenvalue weighted by atomic mass is 10.1. The Morgan fingerprint density at radius 3 is 2.18 bits per heavy atom. The second-order valence-electron chi connectivity index (χ2n) is 6.08. The molecule has 4 heteroatoms. The molecule has 0 fully saturated rings. The lowest BCUT2D eigenvalue weighted by molar-refractivity contribution is 0.466. The van der Waals surface area contributed by atoms with Crippen LogP contribution >= 0.6 is 0 Å². The molecule has 22 heavy (non-hydrogen) atoms. The van der Waals surface area contributed by atoms with Gasteiger partial charge in [-0.15, -0.1) is 0 Å². The highest BCUT2D eigenvalue weighted by molar-refractivity contribution is 5.76. The molecule has 0 amide bonds. The Hall–Kier alpha value is -2.36. The first-order valence-electron chi connectivity index (χ1n) is 7.47. The van der Waals surface area contributed by atoms with Gasteiger partial charge in [-0.05, 0) is 62.9 Å². The summed E-state index contributed by atoms with van der Waals surface area (Å²) >= 11 is 0. The molecule has 0 saturated heterocycles. The van der Waals surface area contributed by atoms with Crippen LogP contribution in [0.15, 0.2) is 18.2 Å². The van der Waals surface area contributed by atoms with Crippen LogP contribution in [0.25, 0.3) is 11.2 Å². The zero-order valence-corrected chi connectivity index (χ0v) is 13.7. The van der Waals surface area contributed by atoms with Crippen molar-refractivity contribution in [3.05, 3.63) is 52.0 Å². The summed E-state index contributed by atoms with van der Waals surface area (Å²) in [6, 6.07) is 6.11. The number of fused-ring (bicyclic) bond motifs is 1. The lowest BCUT2D eigenvalue weighted by Gasteiger charge is -2.11. The average molecular weight is 295 g/mol. The molecule has 1 aromatic carbocycles. The van der Waals surface area contributed by atoms with E-state index in [-0.39, 0.29) is 0 Å². The van der Waals surface area contributed by atoms with E-state index in [9.17, 15) is 5.11 Å². The number of aromatic hydroxyl groups is 1. The van der Waals surface area contributed by atoms with Gasteiger partial charge < -0.3 is 9.67 Å². The number of pyridine rings is 1. The molecule has 3 rings (SSSR count). The SMILES string of the molecule is Cc1cc(C)c2nc(C)n(Cc3cc(C)c(O)c(C)c3)c2n1. The summed E-state index contributed by atoms with van der Waals surface area (Å²) in [4.78, 5) is 9.33. The third-order valence-electron chi connectivity index (χ3n) is 4.10. The quantitative estimate of drug-likeness (QED) is 0.783.